The van der Waals surface area contributed by atoms with Gasteiger partial charge in [-0.2, -0.15) is 5.10 Å². The molecule has 0 bridgehead atoms. The molecule has 0 unspecified atom stereocenters. The Bertz CT molecular complexity index is 858. The summed E-state index contributed by atoms with van der Waals surface area (Å²) < 4.78 is 16.3. The van der Waals surface area contributed by atoms with Crippen LogP contribution in [0.25, 0.3) is 11.3 Å². The fourth-order valence-corrected chi connectivity index (χ4v) is 3.86. The summed E-state index contributed by atoms with van der Waals surface area (Å²) in [6.45, 7) is 0. The van der Waals surface area contributed by atoms with Crippen molar-refractivity contribution in [2.75, 3.05) is 5.32 Å². The van der Waals surface area contributed by atoms with Gasteiger partial charge in [-0.3, -0.25) is 4.68 Å². The Morgan fingerprint density at radius 2 is 1.93 bits per heavy atom. The van der Waals surface area contributed by atoms with E-state index in [9.17, 15) is 9.18 Å². The summed E-state index contributed by atoms with van der Waals surface area (Å²) in [7, 11) is 1.88. The van der Waals surface area contributed by atoms with Crippen molar-refractivity contribution in [3.8, 4) is 11.3 Å². The molecule has 0 atom stereocenters. The highest BCUT2D eigenvalue weighted by Crippen LogP contribution is 2.36. The lowest BCUT2D eigenvalue weighted by atomic mass is 9.91. The van der Waals surface area contributed by atoms with Gasteiger partial charge in [0, 0.05) is 30.4 Å². The van der Waals surface area contributed by atoms with Crippen molar-refractivity contribution in [2.24, 2.45) is 13.0 Å². The summed E-state index contributed by atoms with van der Waals surface area (Å²) in [6.07, 6.45) is 8.33. The minimum Gasteiger partial charge on any atom is -0.465 e. The predicted octanol–water partition coefficient (Wildman–Crippen LogP) is 2.96. The van der Waals surface area contributed by atoms with E-state index in [2.05, 4.69) is 25.7 Å². The molecular formula is C19H25FN6O2. The highest BCUT2D eigenvalue weighted by atomic mass is 19.1. The maximum atomic E-state index is 14.5. The number of aryl methyl sites for hydroxylation is 1. The van der Waals surface area contributed by atoms with Gasteiger partial charge in [-0.25, -0.2) is 19.2 Å². The van der Waals surface area contributed by atoms with E-state index in [4.69, 9.17) is 5.11 Å². The molecule has 0 aromatic carbocycles. The van der Waals surface area contributed by atoms with Crippen LogP contribution in [0.5, 0.6) is 0 Å². The zero-order valence-electron chi connectivity index (χ0n) is 15.9. The average Bonchev–Trinajstić information content (AvgIpc) is 3.41. The van der Waals surface area contributed by atoms with Gasteiger partial charge in [-0.05, 0) is 50.9 Å². The first-order chi connectivity index (χ1) is 13.5. The Morgan fingerprint density at radius 1 is 1.21 bits per heavy atom. The lowest BCUT2D eigenvalue weighted by Crippen LogP contribution is -2.39. The molecule has 28 heavy (non-hydrogen) atoms. The standard InChI is InChI=1S/C19H25FN6O2/c1-26-16(8-11-2-3-11)14(9-22-26)17-15(20)10-21-18(25-17)23-12-4-6-13(7-5-12)24-19(27)28/h9-13,24H,2-8H2,1H3,(H,27,28)(H,21,23,25). The number of nitrogens with one attached hydrogen (secondary N) is 2. The molecule has 8 nitrogen and oxygen atoms in total. The topological polar surface area (TPSA) is 105 Å². The van der Waals surface area contributed by atoms with E-state index >= 15 is 0 Å². The van der Waals surface area contributed by atoms with E-state index in [0.717, 1.165) is 43.4 Å². The van der Waals surface area contributed by atoms with Gasteiger partial charge >= 0.3 is 6.09 Å². The Hall–Kier alpha value is -2.71. The van der Waals surface area contributed by atoms with Crippen LogP contribution in [0.1, 0.15) is 44.2 Å². The molecule has 1 amide bonds. The maximum Gasteiger partial charge on any atom is 0.404 e. The number of nitrogens with zero attached hydrogens (tertiary/aromatic N) is 4. The van der Waals surface area contributed by atoms with Crippen molar-refractivity contribution in [1.82, 2.24) is 25.1 Å². The molecule has 150 valence electrons. The Kier molecular flexibility index (Phi) is 5.15. The minimum atomic E-state index is -0.985. The second-order valence-corrected chi connectivity index (χ2v) is 7.81. The molecule has 2 aliphatic carbocycles. The fraction of sp³-hybridized carbons (Fsp3) is 0.579. The summed E-state index contributed by atoms with van der Waals surface area (Å²) in [5.74, 6) is 0.600. The van der Waals surface area contributed by atoms with Gasteiger partial charge in [-0.15, -0.1) is 0 Å². The molecule has 3 N–H and O–H groups in total. The molecule has 2 aromatic rings. The van der Waals surface area contributed by atoms with E-state index in [1.807, 2.05) is 7.05 Å². The second kappa shape index (κ2) is 7.73. The normalized spacial score (nSPS) is 22.1. The van der Waals surface area contributed by atoms with Gasteiger partial charge < -0.3 is 15.7 Å². The maximum absolute atomic E-state index is 14.5. The number of rotatable bonds is 6. The lowest BCUT2D eigenvalue weighted by molar-refractivity contribution is 0.185. The van der Waals surface area contributed by atoms with E-state index < -0.39 is 11.9 Å². The van der Waals surface area contributed by atoms with Crippen LogP contribution in [0.4, 0.5) is 15.1 Å². The Labute approximate surface area is 162 Å². The molecule has 9 heteroatoms. The predicted molar refractivity (Wildman–Crippen MR) is 101 cm³/mol. The number of hydrogen-bond donors (Lipinski definition) is 3. The lowest BCUT2D eigenvalue weighted by Gasteiger charge is -2.28. The largest absolute Gasteiger partial charge is 0.465 e. The third-order valence-electron chi connectivity index (χ3n) is 5.63. The Balaban J connectivity index is 1.47. The highest BCUT2D eigenvalue weighted by Gasteiger charge is 2.27. The van der Waals surface area contributed by atoms with E-state index in [0.29, 0.717) is 11.9 Å². The highest BCUT2D eigenvalue weighted by molar-refractivity contribution is 5.65. The zero-order chi connectivity index (χ0) is 19.7. The fourth-order valence-electron chi connectivity index (χ4n) is 3.86. The first-order valence-electron chi connectivity index (χ1n) is 9.79. The van der Waals surface area contributed by atoms with E-state index in [1.54, 1.807) is 10.9 Å². The number of hydrogen-bond acceptors (Lipinski definition) is 5. The molecule has 0 aliphatic heterocycles. The van der Waals surface area contributed by atoms with Crippen molar-refractivity contribution in [3.05, 3.63) is 23.9 Å². The van der Waals surface area contributed by atoms with Crippen LogP contribution in [0, 0.1) is 11.7 Å². The van der Waals surface area contributed by atoms with Crippen molar-refractivity contribution in [2.45, 2.75) is 57.0 Å². The third-order valence-corrected chi connectivity index (χ3v) is 5.63. The summed E-state index contributed by atoms with van der Waals surface area (Å²) in [4.78, 5) is 19.3. The number of carboxylic acid groups (broad SMARTS) is 1. The summed E-state index contributed by atoms with van der Waals surface area (Å²) in [5.41, 5.74) is 2.01. The first kappa shape index (κ1) is 18.6. The van der Waals surface area contributed by atoms with Gasteiger partial charge in [-0.1, -0.05) is 0 Å². The number of halogens is 1. The minimum absolute atomic E-state index is 0.0133. The first-order valence-corrected chi connectivity index (χ1v) is 9.79. The van der Waals surface area contributed by atoms with Crippen LogP contribution in [0.3, 0.4) is 0 Å². The van der Waals surface area contributed by atoms with Crippen LogP contribution >= 0.6 is 0 Å². The van der Waals surface area contributed by atoms with Crippen molar-refractivity contribution >= 4 is 12.0 Å². The van der Waals surface area contributed by atoms with Crippen molar-refractivity contribution in [3.63, 3.8) is 0 Å². The molecule has 2 saturated carbocycles. The monoisotopic (exact) mass is 388 g/mol. The van der Waals surface area contributed by atoms with E-state index in [1.165, 1.54) is 19.0 Å². The third kappa shape index (κ3) is 4.23. The molecule has 2 fully saturated rings. The molecule has 2 aromatic heterocycles. The summed E-state index contributed by atoms with van der Waals surface area (Å²) in [5, 5.41) is 18.9. The zero-order valence-corrected chi connectivity index (χ0v) is 15.9. The van der Waals surface area contributed by atoms with Crippen molar-refractivity contribution in [1.29, 1.82) is 0 Å². The van der Waals surface area contributed by atoms with Crippen molar-refractivity contribution < 1.29 is 14.3 Å². The van der Waals surface area contributed by atoms with Gasteiger partial charge in [0.05, 0.1) is 12.4 Å². The molecule has 2 aliphatic rings. The second-order valence-electron chi connectivity index (χ2n) is 7.81. The van der Waals surface area contributed by atoms with Crippen LogP contribution in [0.15, 0.2) is 12.4 Å². The molecule has 2 heterocycles. The average molecular weight is 388 g/mol. The van der Waals surface area contributed by atoms with Crippen LogP contribution < -0.4 is 10.6 Å². The molecule has 0 spiro atoms. The summed E-state index contributed by atoms with van der Waals surface area (Å²) in [6, 6.07) is 0.130. The van der Waals surface area contributed by atoms with E-state index in [-0.39, 0.29) is 17.8 Å². The van der Waals surface area contributed by atoms with Crippen LogP contribution in [-0.2, 0) is 13.5 Å². The number of aromatic nitrogens is 4. The smallest absolute Gasteiger partial charge is 0.404 e. The SMILES string of the molecule is Cn1ncc(-c2nc(NC3CCC(NC(=O)O)CC3)ncc2F)c1CC1CC1. The van der Waals surface area contributed by atoms with Gasteiger partial charge in [0.25, 0.3) is 0 Å². The van der Waals surface area contributed by atoms with Crippen LogP contribution in [0.2, 0.25) is 0 Å². The summed E-state index contributed by atoms with van der Waals surface area (Å²) >= 11 is 0. The Morgan fingerprint density at radius 3 is 2.61 bits per heavy atom. The van der Waals surface area contributed by atoms with Crippen LogP contribution in [-0.4, -0.2) is 43.0 Å². The van der Waals surface area contributed by atoms with Gasteiger partial charge in [0.15, 0.2) is 5.82 Å². The molecule has 4 rings (SSSR count). The number of amides is 1. The van der Waals surface area contributed by atoms with Gasteiger partial charge in [0.1, 0.15) is 5.69 Å². The molecule has 0 saturated heterocycles. The molecular weight excluding hydrogens is 363 g/mol. The number of anilines is 1. The molecule has 0 radical (unpaired) electrons. The number of carbonyl (C=O) groups is 1. The van der Waals surface area contributed by atoms with Gasteiger partial charge in [0.2, 0.25) is 5.95 Å². The quantitative estimate of drug-likeness (QED) is 0.703.